The highest BCUT2D eigenvalue weighted by Gasteiger charge is 2.12. The number of ether oxygens (including phenoxy) is 2. The van der Waals surface area contributed by atoms with Crippen molar-refractivity contribution < 1.29 is 9.47 Å². The molecule has 1 aliphatic rings. The fourth-order valence-corrected chi connectivity index (χ4v) is 2.69. The van der Waals surface area contributed by atoms with Gasteiger partial charge >= 0.3 is 0 Å². The molecule has 0 saturated heterocycles. The van der Waals surface area contributed by atoms with E-state index in [4.69, 9.17) is 9.47 Å². The minimum absolute atomic E-state index is 0.468. The molecule has 0 atom stereocenters. The number of fused-ring (bicyclic) bond motifs is 1. The molecule has 0 saturated carbocycles. The Morgan fingerprint density at radius 1 is 1.04 bits per heavy atom. The third-order valence-corrected chi connectivity index (χ3v) is 4.07. The molecule has 3 aromatic rings. The molecular weight excluding hydrogens is 330 g/mol. The van der Waals surface area contributed by atoms with Gasteiger partial charge in [0.1, 0.15) is 13.2 Å². The molecule has 1 aromatic heterocycles. The maximum atomic E-state index is 5.60. The SMILES string of the molecule is Cc1ccccc1CNc1nncc(Nc2ccc3c(c2)OCCO3)n1. The van der Waals surface area contributed by atoms with Crippen molar-refractivity contribution in [3.8, 4) is 11.5 Å². The van der Waals surface area contributed by atoms with E-state index in [9.17, 15) is 0 Å². The number of hydrogen-bond donors (Lipinski definition) is 2. The zero-order valence-corrected chi connectivity index (χ0v) is 14.4. The number of aryl methyl sites for hydroxylation is 1. The Balaban J connectivity index is 1.45. The molecule has 2 heterocycles. The average Bonchev–Trinajstić information content (AvgIpc) is 2.68. The molecule has 2 aromatic carbocycles. The van der Waals surface area contributed by atoms with Crippen LogP contribution >= 0.6 is 0 Å². The van der Waals surface area contributed by atoms with Gasteiger partial charge in [0.25, 0.3) is 0 Å². The first-order valence-corrected chi connectivity index (χ1v) is 8.43. The summed E-state index contributed by atoms with van der Waals surface area (Å²) in [5, 5.41) is 14.5. The van der Waals surface area contributed by atoms with Gasteiger partial charge in [0.05, 0.1) is 6.20 Å². The number of hydrogen-bond acceptors (Lipinski definition) is 7. The second kappa shape index (κ2) is 7.26. The van der Waals surface area contributed by atoms with Crippen LogP contribution in [0.1, 0.15) is 11.1 Å². The molecule has 0 aliphatic carbocycles. The summed E-state index contributed by atoms with van der Waals surface area (Å²) in [6, 6.07) is 13.9. The number of benzene rings is 2. The van der Waals surface area contributed by atoms with Gasteiger partial charge in [-0.15, -0.1) is 5.10 Å². The molecule has 132 valence electrons. The summed E-state index contributed by atoms with van der Waals surface area (Å²) in [5.74, 6) is 2.55. The molecule has 0 spiro atoms. The summed E-state index contributed by atoms with van der Waals surface area (Å²) in [6.07, 6.45) is 1.58. The van der Waals surface area contributed by atoms with Gasteiger partial charge in [-0.1, -0.05) is 24.3 Å². The minimum atomic E-state index is 0.468. The Morgan fingerprint density at radius 3 is 2.77 bits per heavy atom. The quantitative estimate of drug-likeness (QED) is 0.731. The van der Waals surface area contributed by atoms with Crippen molar-refractivity contribution in [1.29, 1.82) is 0 Å². The standard InChI is InChI=1S/C19H19N5O2/c1-13-4-2-3-5-14(13)11-20-19-23-18(12-21-24-19)22-15-6-7-16-17(10-15)26-9-8-25-16/h2-7,10,12H,8-9,11H2,1H3,(H2,20,22,23,24). The lowest BCUT2D eigenvalue weighted by molar-refractivity contribution is 0.171. The first-order chi connectivity index (χ1) is 12.8. The molecular formula is C19H19N5O2. The molecule has 7 heteroatoms. The molecule has 26 heavy (non-hydrogen) atoms. The largest absolute Gasteiger partial charge is 0.486 e. The van der Waals surface area contributed by atoms with Gasteiger partial charge in [-0.2, -0.15) is 10.1 Å². The lowest BCUT2D eigenvalue weighted by atomic mass is 10.1. The molecule has 2 N–H and O–H groups in total. The van der Waals surface area contributed by atoms with Crippen LogP contribution in [0, 0.1) is 6.92 Å². The Bertz CT molecular complexity index is 916. The van der Waals surface area contributed by atoms with E-state index < -0.39 is 0 Å². The Labute approximate surface area is 151 Å². The number of aromatic nitrogens is 3. The summed E-state index contributed by atoms with van der Waals surface area (Å²) in [4.78, 5) is 4.46. The zero-order valence-electron chi connectivity index (χ0n) is 14.4. The number of anilines is 3. The first kappa shape index (κ1) is 16.1. The van der Waals surface area contributed by atoms with Crippen LogP contribution in [0.4, 0.5) is 17.5 Å². The van der Waals surface area contributed by atoms with E-state index in [1.165, 1.54) is 11.1 Å². The van der Waals surface area contributed by atoms with E-state index in [1.807, 2.05) is 30.3 Å². The lowest BCUT2D eigenvalue weighted by Gasteiger charge is -2.19. The van der Waals surface area contributed by atoms with E-state index in [2.05, 4.69) is 44.9 Å². The van der Waals surface area contributed by atoms with Crippen LogP contribution in [0.2, 0.25) is 0 Å². The highest BCUT2D eigenvalue weighted by molar-refractivity contribution is 5.61. The third-order valence-electron chi connectivity index (χ3n) is 4.07. The Hall–Kier alpha value is -3.35. The Kier molecular flexibility index (Phi) is 4.51. The van der Waals surface area contributed by atoms with Crippen molar-refractivity contribution in [2.75, 3.05) is 23.8 Å². The highest BCUT2D eigenvalue weighted by atomic mass is 16.6. The monoisotopic (exact) mass is 349 g/mol. The lowest BCUT2D eigenvalue weighted by Crippen LogP contribution is -2.15. The van der Waals surface area contributed by atoms with Gasteiger partial charge in [0.15, 0.2) is 17.3 Å². The van der Waals surface area contributed by atoms with Crippen LogP contribution in [0.3, 0.4) is 0 Å². The van der Waals surface area contributed by atoms with E-state index in [0.29, 0.717) is 31.5 Å². The maximum Gasteiger partial charge on any atom is 0.244 e. The zero-order chi connectivity index (χ0) is 17.8. The van der Waals surface area contributed by atoms with Gasteiger partial charge in [-0.05, 0) is 30.2 Å². The molecule has 0 fully saturated rings. The van der Waals surface area contributed by atoms with E-state index in [1.54, 1.807) is 6.20 Å². The number of rotatable bonds is 5. The summed E-state index contributed by atoms with van der Waals surface area (Å²) in [7, 11) is 0. The van der Waals surface area contributed by atoms with Crippen molar-refractivity contribution in [1.82, 2.24) is 15.2 Å². The van der Waals surface area contributed by atoms with Crippen molar-refractivity contribution in [3.05, 3.63) is 59.8 Å². The normalized spacial score (nSPS) is 12.5. The van der Waals surface area contributed by atoms with Crippen LogP contribution < -0.4 is 20.1 Å². The molecule has 0 bridgehead atoms. The van der Waals surface area contributed by atoms with Gasteiger partial charge in [-0.3, -0.25) is 0 Å². The molecule has 7 nitrogen and oxygen atoms in total. The number of nitrogens with zero attached hydrogens (tertiary/aromatic N) is 3. The Morgan fingerprint density at radius 2 is 1.88 bits per heavy atom. The topological polar surface area (TPSA) is 81.2 Å². The minimum Gasteiger partial charge on any atom is -0.486 e. The first-order valence-electron chi connectivity index (χ1n) is 8.43. The molecule has 0 radical (unpaired) electrons. The van der Waals surface area contributed by atoms with Crippen molar-refractivity contribution in [3.63, 3.8) is 0 Å². The van der Waals surface area contributed by atoms with Crippen LogP contribution in [-0.4, -0.2) is 28.4 Å². The van der Waals surface area contributed by atoms with E-state index in [0.717, 1.165) is 17.2 Å². The summed E-state index contributed by atoms with van der Waals surface area (Å²) < 4.78 is 11.1. The van der Waals surface area contributed by atoms with Gasteiger partial charge in [-0.25, -0.2) is 0 Å². The van der Waals surface area contributed by atoms with Crippen molar-refractivity contribution in [2.45, 2.75) is 13.5 Å². The fourth-order valence-electron chi connectivity index (χ4n) is 2.69. The smallest absolute Gasteiger partial charge is 0.244 e. The van der Waals surface area contributed by atoms with E-state index >= 15 is 0 Å². The van der Waals surface area contributed by atoms with Crippen LogP contribution in [0.15, 0.2) is 48.7 Å². The van der Waals surface area contributed by atoms with Gasteiger partial charge < -0.3 is 20.1 Å². The van der Waals surface area contributed by atoms with Gasteiger partial charge in [0.2, 0.25) is 5.95 Å². The highest BCUT2D eigenvalue weighted by Crippen LogP contribution is 2.33. The molecule has 4 rings (SSSR count). The van der Waals surface area contributed by atoms with Crippen LogP contribution in [0.5, 0.6) is 11.5 Å². The second-order valence-corrected chi connectivity index (χ2v) is 5.93. The second-order valence-electron chi connectivity index (χ2n) is 5.93. The van der Waals surface area contributed by atoms with E-state index in [-0.39, 0.29) is 0 Å². The maximum absolute atomic E-state index is 5.60. The van der Waals surface area contributed by atoms with Crippen LogP contribution in [-0.2, 0) is 6.54 Å². The molecule has 1 aliphatic heterocycles. The third kappa shape index (κ3) is 3.66. The van der Waals surface area contributed by atoms with Crippen LogP contribution in [0.25, 0.3) is 0 Å². The summed E-state index contributed by atoms with van der Waals surface area (Å²) in [5.41, 5.74) is 3.26. The van der Waals surface area contributed by atoms with Crippen molar-refractivity contribution in [2.24, 2.45) is 0 Å². The molecule has 0 unspecified atom stereocenters. The van der Waals surface area contributed by atoms with Gasteiger partial charge in [0, 0.05) is 18.3 Å². The predicted molar refractivity (Wildman–Crippen MR) is 99.0 cm³/mol. The fraction of sp³-hybridized carbons (Fsp3) is 0.211. The predicted octanol–water partition coefficient (Wildman–Crippen LogP) is 3.31. The number of nitrogens with one attached hydrogen (secondary N) is 2. The molecule has 0 amide bonds. The average molecular weight is 349 g/mol. The van der Waals surface area contributed by atoms with Crippen molar-refractivity contribution >= 4 is 17.5 Å². The summed E-state index contributed by atoms with van der Waals surface area (Å²) in [6.45, 7) is 3.85. The summed E-state index contributed by atoms with van der Waals surface area (Å²) >= 11 is 0.